The van der Waals surface area contributed by atoms with Crippen LogP contribution in [0.4, 0.5) is 5.69 Å². The lowest BCUT2D eigenvalue weighted by Crippen LogP contribution is -2.48. The standard InChI is InChI=1S/C19H25NO4/c1-3-5-6-7-10-13-20-15-12-9-8-11-14(15)17(21)16(18(20)22)19(23)24-4-2/h8-9,11-12,16H,3-7,10,13H2,1-2H3. The van der Waals surface area contributed by atoms with Crippen molar-refractivity contribution >= 4 is 23.3 Å². The minimum Gasteiger partial charge on any atom is -0.465 e. The number of fused-ring (bicyclic) bond motifs is 1. The molecule has 1 unspecified atom stereocenters. The zero-order valence-corrected chi connectivity index (χ0v) is 14.4. The van der Waals surface area contributed by atoms with Crippen LogP contribution >= 0.6 is 0 Å². The molecule has 0 radical (unpaired) electrons. The van der Waals surface area contributed by atoms with Crippen LogP contribution in [0.25, 0.3) is 0 Å². The lowest BCUT2D eigenvalue weighted by atomic mass is 9.90. The number of ketones is 1. The second kappa shape index (κ2) is 8.62. The highest BCUT2D eigenvalue weighted by atomic mass is 16.5. The summed E-state index contributed by atoms with van der Waals surface area (Å²) in [5, 5.41) is 0. The third-order valence-corrected chi connectivity index (χ3v) is 4.24. The molecule has 1 aliphatic heterocycles. The maximum Gasteiger partial charge on any atom is 0.326 e. The quantitative estimate of drug-likeness (QED) is 0.416. The normalized spacial score (nSPS) is 16.9. The van der Waals surface area contributed by atoms with E-state index in [0.29, 0.717) is 17.8 Å². The maximum atomic E-state index is 12.7. The number of carbonyl (C=O) groups is 3. The largest absolute Gasteiger partial charge is 0.465 e. The number of hydrogen-bond acceptors (Lipinski definition) is 4. The zero-order chi connectivity index (χ0) is 17.5. The second-order valence-corrected chi connectivity index (χ2v) is 5.97. The maximum absolute atomic E-state index is 12.7. The summed E-state index contributed by atoms with van der Waals surface area (Å²) in [6.45, 7) is 4.48. The minimum atomic E-state index is -1.37. The number of hydrogen-bond donors (Lipinski definition) is 0. The van der Waals surface area contributed by atoms with E-state index >= 15 is 0 Å². The van der Waals surface area contributed by atoms with Crippen LogP contribution in [0.3, 0.4) is 0 Å². The van der Waals surface area contributed by atoms with Crippen LogP contribution in [-0.4, -0.2) is 30.8 Å². The summed E-state index contributed by atoms with van der Waals surface area (Å²) in [6, 6.07) is 6.97. The van der Waals surface area contributed by atoms with Crippen molar-refractivity contribution in [2.75, 3.05) is 18.1 Å². The van der Waals surface area contributed by atoms with Crippen molar-refractivity contribution in [1.82, 2.24) is 0 Å². The summed E-state index contributed by atoms with van der Waals surface area (Å²) in [6.07, 6.45) is 5.33. The van der Waals surface area contributed by atoms with Gasteiger partial charge in [0.2, 0.25) is 5.91 Å². The fraction of sp³-hybridized carbons (Fsp3) is 0.526. The summed E-state index contributed by atoms with van der Waals surface area (Å²) in [5.41, 5.74) is 1.02. The van der Waals surface area contributed by atoms with E-state index in [4.69, 9.17) is 4.74 Å². The average Bonchev–Trinajstić information content (AvgIpc) is 2.57. The fourth-order valence-corrected chi connectivity index (χ4v) is 3.00. The first-order valence-electron chi connectivity index (χ1n) is 8.73. The van der Waals surface area contributed by atoms with Crippen molar-refractivity contribution in [2.45, 2.75) is 46.0 Å². The number of ether oxygens (including phenoxy) is 1. The summed E-state index contributed by atoms with van der Waals surface area (Å²) in [5.74, 6) is -3.04. The Labute approximate surface area is 143 Å². The molecule has 1 amide bonds. The number of nitrogens with zero attached hydrogens (tertiary/aromatic N) is 1. The van der Waals surface area contributed by atoms with Crippen LogP contribution in [0.5, 0.6) is 0 Å². The molecule has 0 saturated heterocycles. The van der Waals surface area contributed by atoms with E-state index in [1.165, 1.54) is 6.42 Å². The van der Waals surface area contributed by atoms with Crippen LogP contribution in [0.1, 0.15) is 56.3 Å². The van der Waals surface area contributed by atoms with Crippen molar-refractivity contribution in [1.29, 1.82) is 0 Å². The Morgan fingerprint density at radius 2 is 1.79 bits per heavy atom. The number of esters is 1. The highest BCUT2D eigenvalue weighted by Gasteiger charge is 2.44. The molecule has 0 aliphatic carbocycles. The van der Waals surface area contributed by atoms with Gasteiger partial charge in [-0.1, -0.05) is 44.7 Å². The van der Waals surface area contributed by atoms with Gasteiger partial charge in [-0.3, -0.25) is 14.4 Å². The molecule has 0 fully saturated rings. The predicted octanol–water partition coefficient (Wildman–Crippen LogP) is 3.37. The number of anilines is 1. The van der Waals surface area contributed by atoms with E-state index in [2.05, 4.69) is 6.92 Å². The summed E-state index contributed by atoms with van der Waals surface area (Å²) in [7, 11) is 0. The van der Waals surface area contributed by atoms with Gasteiger partial charge in [-0.15, -0.1) is 0 Å². The first-order valence-corrected chi connectivity index (χ1v) is 8.73. The topological polar surface area (TPSA) is 63.7 Å². The predicted molar refractivity (Wildman–Crippen MR) is 92.0 cm³/mol. The molecule has 0 bridgehead atoms. The Bertz CT molecular complexity index is 611. The number of carbonyl (C=O) groups excluding carboxylic acids is 3. The SMILES string of the molecule is CCCCCCCN1C(=O)C(C(=O)OCC)C(=O)c2ccccc21. The smallest absolute Gasteiger partial charge is 0.326 e. The number of amides is 1. The molecule has 24 heavy (non-hydrogen) atoms. The molecule has 1 heterocycles. The first-order chi connectivity index (χ1) is 11.6. The highest BCUT2D eigenvalue weighted by molar-refractivity contribution is 6.30. The molecule has 1 atom stereocenters. The lowest BCUT2D eigenvalue weighted by Gasteiger charge is -2.32. The van der Waals surface area contributed by atoms with Gasteiger partial charge in [0, 0.05) is 12.1 Å². The monoisotopic (exact) mass is 331 g/mol. The molecule has 0 aromatic heterocycles. The first kappa shape index (κ1) is 18.2. The molecular weight excluding hydrogens is 306 g/mol. The van der Waals surface area contributed by atoms with E-state index in [1.807, 2.05) is 0 Å². The molecule has 1 aromatic carbocycles. The lowest BCUT2D eigenvalue weighted by molar-refractivity contribution is -0.149. The molecule has 5 heteroatoms. The van der Waals surface area contributed by atoms with Gasteiger partial charge in [0.25, 0.3) is 0 Å². The van der Waals surface area contributed by atoms with E-state index < -0.39 is 23.6 Å². The van der Waals surface area contributed by atoms with Gasteiger partial charge in [0.15, 0.2) is 11.7 Å². The molecule has 1 aliphatic rings. The summed E-state index contributed by atoms with van der Waals surface area (Å²) >= 11 is 0. The van der Waals surface area contributed by atoms with Gasteiger partial charge >= 0.3 is 5.97 Å². The molecular formula is C19H25NO4. The van der Waals surface area contributed by atoms with Crippen LogP contribution in [-0.2, 0) is 14.3 Å². The van der Waals surface area contributed by atoms with Gasteiger partial charge < -0.3 is 9.64 Å². The molecule has 0 spiro atoms. The van der Waals surface area contributed by atoms with Crippen molar-refractivity contribution in [3.8, 4) is 0 Å². The van der Waals surface area contributed by atoms with Gasteiger partial charge in [-0.2, -0.15) is 0 Å². The third-order valence-electron chi connectivity index (χ3n) is 4.24. The molecule has 130 valence electrons. The Morgan fingerprint density at radius 1 is 1.08 bits per heavy atom. The highest BCUT2D eigenvalue weighted by Crippen LogP contribution is 2.31. The van der Waals surface area contributed by atoms with Gasteiger partial charge in [-0.05, 0) is 25.5 Å². The van der Waals surface area contributed by atoms with Crippen LogP contribution in [0.15, 0.2) is 24.3 Å². The van der Waals surface area contributed by atoms with E-state index in [-0.39, 0.29) is 6.61 Å². The Hall–Kier alpha value is -2.17. The number of unbranched alkanes of at least 4 members (excludes halogenated alkanes) is 4. The molecule has 2 rings (SSSR count). The number of rotatable bonds is 8. The molecule has 1 aromatic rings. The molecule has 5 nitrogen and oxygen atoms in total. The Kier molecular flexibility index (Phi) is 6.53. The van der Waals surface area contributed by atoms with E-state index in [0.717, 1.165) is 25.7 Å². The van der Waals surface area contributed by atoms with Gasteiger partial charge in [0.05, 0.1) is 12.3 Å². The van der Waals surface area contributed by atoms with Crippen molar-refractivity contribution in [3.63, 3.8) is 0 Å². The van der Waals surface area contributed by atoms with Crippen LogP contribution in [0.2, 0.25) is 0 Å². The third kappa shape index (κ3) is 3.83. The fourth-order valence-electron chi connectivity index (χ4n) is 3.00. The zero-order valence-electron chi connectivity index (χ0n) is 14.4. The second-order valence-electron chi connectivity index (χ2n) is 5.97. The van der Waals surface area contributed by atoms with Gasteiger partial charge in [0.1, 0.15) is 0 Å². The summed E-state index contributed by atoms with van der Waals surface area (Å²) in [4.78, 5) is 39.0. The van der Waals surface area contributed by atoms with E-state index in [1.54, 1.807) is 36.1 Å². The summed E-state index contributed by atoms with van der Waals surface area (Å²) < 4.78 is 4.94. The molecule has 0 N–H and O–H groups in total. The molecule has 0 saturated carbocycles. The van der Waals surface area contributed by atoms with Gasteiger partial charge in [-0.25, -0.2) is 0 Å². The average molecular weight is 331 g/mol. The van der Waals surface area contributed by atoms with Crippen molar-refractivity contribution < 1.29 is 19.1 Å². The minimum absolute atomic E-state index is 0.147. The Balaban J connectivity index is 2.21. The van der Waals surface area contributed by atoms with Crippen molar-refractivity contribution in [2.24, 2.45) is 5.92 Å². The number of benzene rings is 1. The van der Waals surface area contributed by atoms with Crippen LogP contribution in [0, 0.1) is 5.92 Å². The van der Waals surface area contributed by atoms with Crippen LogP contribution < -0.4 is 4.90 Å². The Morgan fingerprint density at radius 3 is 2.50 bits per heavy atom. The van der Waals surface area contributed by atoms with Crippen molar-refractivity contribution in [3.05, 3.63) is 29.8 Å². The van der Waals surface area contributed by atoms with E-state index in [9.17, 15) is 14.4 Å². The number of Topliss-reactive ketones (excluding diaryl/α,β-unsaturated/α-hetero) is 1. The number of para-hydroxylation sites is 1.